The molecule has 1 aromatic carbocycles. The molecule has 0 atom stereocenters. The molecule has 3 aliphatic rings. The van der Waals surface area contributed by atoms with Gasteiger partial charge >= 0.3 is 0 Å². The highest BCUT2D eigenvalue weighted by Gasteiger charge is 2.57. The molecule has 0 bridgehead atoms. The molecule has 1 amide bonds. The Morgan fingerprint density at radius 2 is 1.92 bits per heavy atom. The SMILES string of the molecule is CC1(C)CC2(CC2)C(=O)c2[nH]c3ccc(C(=O)NC4CCCC4)cc3c21. The molecule has 0 unspecified atom stereocenters. The minimum Gasteiger partial charge on any atom is -0.352 e. The van der Waals surface area contributed by atoms with Gasteiger partial charge in [0, 0.05) is 27.9 Å². The molecule has 0 radical (unpaired) electrons. The van der Waals surface area contributed by atoms with Crippen molar-refractivity contribution in [3.8, 4) is 0 Å². The maximum Gasteiger partial charge on any atom is 0.251 e. The fraction of sp³-hybridized carbons (Fsp3) is 0.545. The summed E-state index contributed by atoms with van der Waals surface area (Å²) in [5, 5.41) is 4.20. The lowest BCUT2D eigenvalue weighted by molar-refractivity contribution is 0.0843. The van der Waals surface area contributed by atoms with Crippen molar-refractivity contribution in [3.63, 3.8) is 0 Å². The van der Waals surface area contributed by atoms with Gasteiger partial charge in [0.25, 0.3) is 5.91 Å². The number of amides is 1. The molecule has 0 aliphatic heterocycles. The van der Waals surface area contributed by atoms with E-state index in [0.717, 1.165) is 54.3 Å². The number of Topliss-reactive ketones (excluding diaryl/α,β-unsaturated/α-hetero) is 1. The number of benzene rings is 1. The van der Waals surface area contributed by atoms with Crippen molar-refractivity contribution in [1.82, 2.24) is 10.3 Å². The Balaban J connectivity index is 1.57. The number of carbonyl (C=O) groups excluding carboxylic acids is 2. The number of ketones is 1. The number of aromatic amines is 1. The smallest absolute Gasteiger partial charge is 0.251 e. The van der Waals surface area contributed by atoms with Crippen molar-refractivity contribution in [2.24, 2.45) is 5.41 Å². The number of H-pyrrole nitrogens is 1. The lowest BCUT2D eigenvalue weighted by atomic mass is 9.67. The summed E-state index contributed by atoms with van der Waals surface area (Å²) in [7, 11) is 0. The molecular formula is C22H26N2O2. The topological polar surface area (TPSA) is 62.0 Å². The summed E-state index contributed by atoms with van der Waals surface area (Å²) in [5.74, 6) is 0.285. The lowest BCUT2D eigenvalue weighted by Gasteiger charge is -2.35. The van der Waals surface area contributed by atoms with E-state index in [2.05, 4.69) is 24.1 Å². The summed E-state index contributed by atoms with van der Waals surface area (Å²) in [5.41, 5.74) is 3.36. The van der Waals surface area contributed by atoms with E-state index in [1.54, 1.807) is 0 Å². The van der Waals surface area contributed by atoms with Gasteiger partial charge in [0.2, 0.25) is 0 Å². The van der Waals surface area contributed by atoms with Crippen LogP contribution in [0.3, 0.4) is 0 Å². The summed E-state index contributed by atoms with van der Waals surface area (Å²) < 4.78 is 0. The third-order valence-corrected chi connectivity index (χ3v) is 6.77. The Hall–Kier alpha value is -2.10. The largest absolute Gasteiger partial charge is 0.352 e. The summed E-state index contributed by atoms with van der Waals surface area (Å²) in [6.07, 6.45) is 7.50. The predicted molar refractivity (Wildman–Crippen MR) is 102 cm³/mol. The molecule has 5 rings (SSSR count). The quantitative estimate of drug-likeness (QED) is 0.838. The maximum atomic E-state index is 13.0. The molecule has 2 N–H and O–H groups in total. The second-order valence-electron chi connectivity index (χ2n) is 9.26. The minimum absolute atomic E-state index is 0.00681. The van der Waals surface area contributed by atoms with Gasteiger partial charge in [-0.3, -0.25) is 9.59 Å². The Kier molecular flexibility index (Phi) is 3.23. The molecule has 136 valence electrons. The molecular weight excluding hydrogens is 324 g/mol. The highest BCUT2D eigenvalue weighted by molar-refractivity contribution is 6.09. The Bertz CT molecular complexity index is 927. The average molecular weight is 350 g/mol. The third kappa shape index (κ3) is 2.27. The van der Waals surface area contributed by atoms with Gasteiger partial charge in [0.15, 0.2) is 5.78 Å². The van der Waals surface area contributed by atoms with E-state index in [9.17, 15) is 9.59 Å². The summed E-state index contributed by atoms with van der Waals surface area (Å²) in [6.45, 7) is 4.47. The van der Waals surface area contributed by atoms with Crippen molar-refractivity contribution >= 4 is 22.6 Å². The van der Waals surface area contributed by atoms with Crippen LogP contribution in [0, 0.1) is 5.41 Å². The van der Waals surface area contributed by atoms with Crippen LogP contribution in [-0.4, -0.2) is 22.7 Å². The van der Waals surface area contributed by atoms with E-state index in [1.807, 2.05) is 18.2 Å². The van der Waals surface area contributed by atoms with Crippen LogP contribution in [0.1, 0.15) is 85.2 Å². The molecule has 2 aromatic rings. The van der Waals surface area contributed by atoms with Crippen molar-refractivity contribution in [2.45, 2.75) is 70.3 Å². The zero-order chi connectivity index (χ0) is 18.1. The second kappa shape index (κ2) is 5.21. The third-order valence-electron chi connectivity index (χ3n) is 6.77. The number of carbonyl (C=O) groups is 2. The van der Waals surface area contributed by atoms with Crippen LogP contribution >= 0.6 is 0 Å². The van der Waals surface area contributed by atoms with Crippen LogP contribution in [0.25, 0.3) is 10.9 Å². The van der Waals surface area contributed by atoms with Crippen LogP contribution in [0.2, 0.25) is 0 Å². The minimum atomic E-state index is -0.125. The zero-order valence-electron chi connectivity index (χ0n) is 15.6. The number of hydrogen-bond acceptors (Lipinski definition) is 2. The standard InChI is InChI=1S/C22H26N2O2/c1-21(2)12-22(9-10-22)19(25)18-17(21)15-11-13(7-8-16(15)24-18)20(26)23-14-5-3-4-6-14/h7-8,11,14,24H,3-6,9-10,12H2,1-2H3,(H,23,26). The van der Waals surface area contributed by atoms with E-state index in [-0.39, 0.29) is 22.5 Å². The molecule has 1 heterocycles. The van der Waals surface area contributed by atoms with Gasteiger partial charge in [-0.2, -0.15) is 0 Å². The van der Waals surface area contributed by atoms with Gasteiger partial charge in [0.05, 0.1) is 5.69 Å². The molecule has 4 heteroatoms. The molecule has 3 aliphatic carbocycles. The zero-order valence-corrected chi connectivity index (χ0v) is 15.6. The first-order chi connectivity index (χ1) is 12.4. The Morgan fingerprint density at radius 3 is 2.62 bits per heavy atom. The molecule has 2 saturated carbocycles. The van der Waals surface area contributed by atoms with E-state index >= 15 is 0 Å². The Morgan fingerprint density at radius 1 is 1.19 bits per heavy atom. The highest BCUT2D eigenvalue weighted by Crippen LogP contribution is 2.60. The van der Waals surface area contributed by atoms with Crippen molar-refractivity contribution in [1.29, 1.82) is 0 Å². The van der Waals surface area contributed by atoms with Gasteiger partial charge < -0.3 is 10.3 Å². The van der Waals surface area contributed by atoms with Gasteiger partial charge in [-0.1, -0.05) is 26.7 Å². The molecule has 1 aromatic heterocycles. The summed E-state index contributed by atoms with van der Waals surface area (Å²) in [6, 6.07) is 6.12. The molecule has 1 spiro atoms. The second-order valence-corrected chi connectivity index (χ2v) is 9.26. The average Bonchev–Trinajstić information content (AvgIpc) is 3.03. The summed E-state index contributed by atoms with van der Waals surface area (Å²) in [4.78, 5) is 29.1. The van der Waals surface area contributed by atoms with Gasteiger partial charge in [0.1, 0.15) is 0 Å². The maximum absolute atomic E-state index is 13.0. The number of fused-ring (bicyclic) bond motifs is 3. The first-order valence-electron chi connectivity index (χ1n) is 9.92. The van der Waals surface area contributed by atoms with E-state index in [0.29, 0.717) is 11.6 Å². The van der Waals surface area contributed by atoms with Crippen LogP contribution in [0.5, 0.6) is 0 Å². The number of hydrogen-bond donors (Lipinski definition) is 2. The van der Waals surface area contributed by atoms with Crippen LogP contribution in [0.4, 0.5) is 0 Å². The lowest BCUT2D eigenvalue weighted by Crippen LogP contribution is -2.35. The summed E-state index contributed by atoms with van der Waals surface area (Å²) >= 11 is 0. The van der Waals surface area contributed by atoms with Crippen molar-refractivity contribution < 1.29 is 9.59 Å². The fourth-order valence-corrected chi connectivity index (χ4v) is 5.38. The number of aromatic nitrogens is 1. The monoisotopic (exact) mass is 350 g/mol. The van der Waals surface area contributed by atoms with Crippen molar-refractivity contribution in [2.75, 3.05) is 0 Å². The fourth-order valence-electron chi connectivity index (χ4n) is 5.38. The molecule has 4 nitrogen and oxygen atoms in total. The van der Waals surface area contributed by atoms with E-state index in [4.69, 9.17) is 0 Å². The van der Waals surface area contributed by atoms with Crippen LogP contribution in [-0.2, 0) is 5.41 Å². The molecule has 26 heavy (non-hydrogen) atoms. The van der Waals surface area contributed by atoms with E-state index in [1.165, 1.54) is 12.8 Å². The predicted octanol–water partition coefficient (Wildman–Crippen LogP) is 4.48. The Labute approximate surface area is 153 Å². The van der Waals surface area contributed by atoms with Gasteiger partial charge in [-0.15, -0.1) is 0 Å². The van der Waals surface area contributed by atoms with E-state index < -0.39 is 0 Å². The molecule has 2 fully saturated rings. The van der Waals surface area contributed by atoms with Crippen LogP contribution in [0.15, 0.2) is 18.2 Å². The van der Waals surface area contributed by atoms with Gasteiger partial charge in [-0.05, 0) is 61.3 Å². The first-order valence-corrected chi connectivity index (χ1v) is 9.92. The molecule has 0 saturated heterocycles. The van der Waals surface area contributed by atoms with Crippen LogP contribution < -0.4 is 5.32 Å². The number of nitrogens with one attached hydrogen (secondary N) is 2. The normalized spacial score (nSPS) is 23.4. The van der Waals surface area contributed by atoms with Crippen molar-refractivity contribution in [3.05, 3.63) is 35.0 Å². The van der Waals surface area contributed by atoms with Gasteiger partial charge in [-0.25, -0.2) is 0 Å². The number of rotatable bonds is 2. The highest BCUT2D eigenvalue weighted by atomic mass is 16.1. The first kappa shape index (κ1) is 16.1.